The quantitative estimate of drug-likeness (QED) is 0.468. The zero-order chi connectivity index (χ0) is 24.2. The molecule has 0 saturated heterocycles. The van der Waals surface area contributed by atoms with Gasteiger partial charge in [-0.2, -0.15) is 0 Å². The van der Waals surface area contributed by atoms with Crippen molar-refractivity contribution in [1.82, 2.24) is 9.47 Å². The number of methoxy groups -OCH3 is 1. The molecular weight excluding hydrogens is 412 g/mol. The van der Waals surface area contributed by atoms with E-state index in [1.54, 1.807) is 11.7 Å². The van der Waals surface area contributed by atoms with Crippen molar-refractivity contribution in [2.45, 2.75) is 85.6 Å². The first-order chi connectivity index (χ1) is 15.6. The number of rotatable bonds is 9. The van der Waals surface area contributed by atoms with Crippen LogP contribution in [0.25, 0.3) is 10.9 Å². The highest BCUT2D eigenvalue weighted by molar-refractivity contribution is 5.84. The Hall–Kier alpha value is -2.30. The number of hydrogen-bond acceptors (Lipinski definition) is 3. The molecule has 1 aromatic heterocycles. The summed E-state index contributed by atoms with van der Waals surface area (Å²) in [6.07, 6.45) is 6.33. The van der Waals surface area contributed by atoms with Gasteiger partial charge in [-0.05, 0) is 66.5 Å². The van der Waals surface area contributed by atoms with Crippen LogP contribution in [0.4, 0.5) is 0 Å². The van der Waals surface area contributed by atoms with Crippen LogP contribution in [-0.4, -0.2) is 35.6 Å². The van der Waals surface area contributed by atoms with Crippen LogP contribution in [-0.2, 0) is 11.3 Å². The van der Waals surface area contributed by atoms with E-state index in [1.807, 2.05) is 29.2 Å². The molecule has 1 heterocycles. The first-order valence-electron chi connectivity index (χ1n) is 12.6. The molecule has 0 aliphatic heterocycles. The summed E-state index contributed by atoms with van der Waals surface area (Å²) >= 11 is 0. The summed E-state index contributed by atoms with van der Waals surface area (Å²) in [5, 5.41) is 0.994. The van der Waals surface area contributed by atoms with E-state index in [9.17, 15) is 9.59 Å². The van der Waals surface area contributed by atoms with Gasteiger partial charge in [0.1, 0.15) is 12.3 Å². The Kier molecular flexibility index (Phi) is 8.25. The summed E-state index contributed by atoms with van der Waals surface area (Å²) in [4.78, 5) is 29.2. The highest BCUT2D eigenvalue weighted by Crippen LogP contribution is 2.34. The van der Waals surface area contributed by atoms with Crippen LogP contribution in [0.1, 0.15) is 84.6 Å². The van der Waals surface area contributed by atoms with E-state index in [0.717, 1.165) is 48.7 Å². The second kappa shape index (κ2) is 10.8. The van der Waals surface area contributed by atoms with Gasteiger partial charge in [0.2, 0.25) is 5.91 Å². The Labute approximate surface area is 199 Å². The molecule has 1 aliphatic rings. The highest BCUT2D eigenvalue weighted by Gasteiger charge is 2.24. The molecule has 0 bridgehead atoms. The van der Waals surface area contributed by atoms with E-state index in [2.05, 4.69) is 34.6 Å². The molecule has 0 unspecified atom stereocenters. The topological polar surface area (TPSA) is 51.5 Å². The minimum atomic E-state index is -0.0179. The first kappa shape index (κ1) is 25.3. The molecule has 0 N–H and O–H groups in total. The Balaban J connectivity index is 1.99. The molecule has 1 fully saturated rings. The second-order valence-electron chi connectivity index (χ2n) is 11.3. The first-order valence-corrected chi connectivity index (χ1v) is 12.6. The van der Waals surface area contributed by atoms with Gasteiger partial charge in [-0.3, -0.25) is 14.2 Å². The number of carbonyl (C=O) groups is 1. The zero-order valence-electron chi connectivity index (χ0n) is 21.4. The molecule has 1 amide bonds. The molecule has 0 spiro atoms. The molecule has 3 rings (SSSR count). The lowest BCUT2D eigenvalue weighted by atomic mass is 9.92. The fourth-order valence-electron chi connectivity index (χ4n) is 4.67. The third kappa shape index (κ3) is 6.61. The highest BCUT2D eigenvalue weighted by atomic mass is 16.5. The number of hydrogen-bond donors (Lipinski definition) is 0. The maximum Gasteiger partial charge on any atom is 0.255 e. The van der Waals surface area contributed by atoms with Gasteiger partial charge in [-0.15, -0.1) is 0 Å². The summed E-state index contributed by atoms with van der Waals surface area (Å²) in [7, 11) is 1.63. The third-order valence-corrected chi connectivity index (χ3v) is 6.88. The third-order valence-electron chi connectivity index (χ3n) is 6.88. The van der Waals surface area contributed by atoms with E-state index in [0.29, 0.717) is 24.1 Å². The predicted octanol–water partition coefficient (Wildman–Crippen LogP) is 5.98. The molecule has 33 heavy (non-hydrogen) atoms. The summed E-state index contributed by atoms with van der Waals surface area (Å²) in [6.45, 7) is 12.5. The number of carbonyl (C=O) groups excluding carboxylic acids is 1. The Morgan fingerprint density at radius 1 is 1.15 bits per heavy atom. The standard InChI is InChI=1S/C28H42N2O3/c1-20(2)13-15-29(16-14-28(3,4)5)26(31)19-30-25-18-23(33-6)12-11-22(25)17-24(27(30)32)21-9-7-8-10-21/h11-12,17-18,20-21H,7-10,13-16,19H2,1-6H3. The summed E-state index contributed by atoms with van der Waals surface area (Å²) in [5.41, 5.74) is 1.77. The second-order valence-corrected chi connectivity index (χ2v) is 11.3. The van der Waals surface area contributed by atoms with Crippen molar-refractivity contribution in [1.29, 1.82) is 0 Å². The number of fused-ring (bicyclic) bond motifs is 1. The number of pyridine rings is 1. The largest absolute Gasteiger partial charge is 0.497 e. The predicted molar refractivity (Wildman–Crippen MR) is 136 cm³/mol. The minimum Gasteiger partial charge on any atom is -0.497 e. The lowest BCUT2D eigenvalue weighted by Gasteiger charge is -2.28. The van der Waals surface area contributed by atoms with E-state index < -0.39 is 0 Å². The van der Waals surface area contributed by atoms with Gasteiger partial charge in [-0.1, -0.05) is 47.5 Å². The molecule has 2 aromatic rings. The summed E-state index contributed by atoms with van der Waals surface area (Å²) < 4.78 is 7.13. The van der Waals surface area contributed by atoms with E-state index in [4.69, 9.17) is 4.74 Å². The number of ether oxygens (including phenoxy) is 1. The number of aromatic nitrogens is 1. The zero-order valence-corrected chi connectivity index (χ0v) is 21.4. The molecular formula is C28H42N2O3. The van der Waals surface area contributed by atoms with Crippen LogP contribution in [0.5, 0.6) is 5.75 Å². The van der Waals surface area contributed by atoms with Crippen molar-refractivity contribution in [2.75, 3.05) is 20.2 Å². The van der Waals surface area contributed by atoms with E-state index in [-0.39, 0.29) is 23.4 Å². The summed E-state index contributed by atoms with van der Waals surface area (Å²) in [6, 6.07) is 7.86. The van der Waals surface area contributed by atoms with Gasteiger partial charge in [0.05, 0.1) is 12.6 Å². The van der Waals surface area contributed by atoms with Crippen molar-refractivity contribution in [3.63, 3.8) is 0 Å². The van der Waals surface area contributed by atoms with E-state index in [1.165, 1.54) is 12.8 Å². The fourth-order valence-corrected chi connectivity index (χ4v) is 4.67. The van der Waals surface area contributed by atoms with Crippen molar-refractivity contribution in [3.05, 3.63) is 40.2 Å². The van der Waals surface area contributed by atoms with E-state index >= 15 is 0 Å². The Bertz CT molecular complexity index is 1010. The average molecular weight is 455 g/mol. The maximum absolute atomic E-state index is 13.7. The van der Waals surface area contributed by atoms with Gasteiger partial charge in [0, 0.05) is 24.7 Å². The maximum atomic E-state index is 13.7. The Morgan fingerprint density at radius 3 is 2.45 bits per heavy atom. The number of benzene rings is 1. The van der Waals surface area contributed by atoms with Crippen LogP contribution in [0.3, 0.4) is 0 Å². The molecule has 182 valence electrons. The monoisotopic (exact) mass is 454 g/mol. The molecule has 1 aliphatic carbocycles. The number of nitrogens with zero attached hydrogens (tertiary/aromatic N) is 2. The Morgan fingerprint density at radius 2 is 1.85 bits per heavy atom. The van der Waals surface area contributed by atoms with Gasteiger partial charge in [-0.25, -0.2) is 0 Å². The lowest BCUT2D eigenvalue weighted by molar-refractivity contribution is -0.132. The molecule has 0 radical (unpaired) electrons. The van der Waals surface area contributed by atoms with Gasteiger partial charge >= 0.3 is 0 Å². The lowest BCUT2D eigenvalue weighted by Crippen LogP contribution is -2.39. The normalized spacial score (nSPS) is 14.9. The molecule has 5 heteroatoms. The molecule has 0 atom stereocenters. The smallest absolute Gasteiger partial charge is 0.255 e. The van der Waals surface area contributed by atoms with Crippen LogP contribution in [0, 0.1) is 11.3 Å². The summed E-state index contributed by atoms with van der Waals surface area (Å²) in [5.74, 6) is 1.53. The number of amides is 1. The van der Waals surface area contributed by atoms with Crippen molar-refractivity contribution >= 4 is 16.8 Å². The van der Waals surface area contributed by atoms with Gasteiger partial charge in [0.15, 0.2) is 0 Å². The van der Waals surface area contributed by atoms with Crippen molar-refractivity contribution in [3.8, 4) is 5.75 Å². The van der Waals surface area contributed by atoms with Crippen LogP contribution < -0.4 is 10.3 Å². The molecule has 5 nitrogen and oxygen atoms in total. The van der Waals surface area contributed by atoms with Crippen LogP contribution >= 0.6 is 0 Å². The van der Waals surface area contributed by atoms with Crippen molar-refractivity contribution in [2.24, 2.45) is 11.3 Å². The van der Waals surface area contributed by atoms with Crippen LogP contribution in [0.2, 0.25) is 0 Å². The minimum absolute atomic E-state index is 0.0179. The molecule has 1 aromatic carbocycles. The fraction of sp³-hybridized carbons (Fsp3) is 0.643. The van der Waals surface area contributed by atoms with Crippen molar-refractivity contribution < 1.29 is 9.53 Å². The van der Waals surface area contributed by atoms with Gasteiger partial charge < -0.3 is 9.64 Å². The average Bonchev–Trinajstić information content (AvgIpc) is 3.28. The van der Waals surface area contributed by atoms with Crippen LogP contribution in [0.15, 0.2) is 29.1 Å². The molecule has 1 saturated carbocycles. The van der Waals surface area contributed by atoms with Gasteiger partial charge in [0.25, 0.3) is 5.56 Å². The SMILES string of the molecule is COc1ccc2cc(C3CCCC3)c(=O)n(CC(=O)N(CCC(C)C)CCC(C)(C)C)c2c1.